The van der Waals surface area contributed by atoms with Crippen LogP contribution < -0.4 is 10.6 Å². The summed E-state index contributed by atoms with van der Waals surface area (Å²) in [5, 5.41) is 15.6. The fourth-order valence-corrected chi connectivity index (χ4v) is 3.91. The van der Waals surface area contributed by atoms with Crippen LogP contribution in [-0.2, 0) is 11.3 Å². The summed E-state index contributed by atoms with van der Waals surface area (Å²) >= 11 is 0. The van der Waals surface area contributed by atoms with Gasteiger partial charge in [0.2, 0.25) is 5.89 Å². The highest BCUT2D eigenvalue weighted by molar-refractivity contribution is 5.73. The second kappa shape index (κ2) is 9.71. The van der Waals surface area contributed by atoms with Crippen molar-refractivity contribution < 1.29 is 19.1 Å². The molecule has 0 radical (unpaired) electrons. The fourth-order valence-electron chi connectivity index (χ4n) is 3.91. The van der Waals surface area contributed by atoms with Crippen LogP contribution in [0.3, 0.4) is 0 Å². The molecule has 0 unspecified atom stereocenters. The van der Waals surface area contributed by atoms with Gasteiger partial charge in [-0.25, -0.2) is 9.78 Å². The Labute approximate surface area is 167 Å². The van der Waals surface area contributed by atoms with Gasteiger partial charge in [0.25, 0.3) is 0 Å². The Balaban J connectivity index is 1.33. The van der Waals surface area contributed by atoms with E-state index < -0.39 is 0 Å². The standard InChI is InChI=1S/C20H34N4O4/c1-15-16(2)28-18(23-15)12-24-7-3-17(4-8-24)11-21-19(26)22-13-20(14-25)5-9-27-10-6-20/h17,25H,3-14H2,1-2H3,(H2,21,22,26). The summed E-state index contributed by atoms with van der Waals surface area (Å²) in [4.78, 5) is 19.0. The quantitative estimate of drug-likeness (QED) is 0.649. The Kier molecular flexibility index (Phi) is 7.31. The van der Waals surface area contributed by atoms with Crippen molar-refractivity contribution in [3.63, 3.8) is 0 Å². The number of hydrogen-bond donors (Lipinski definition) is 3. The molecule has 1 aromatic rings. The maximum Gasteiger partial charge on any atom is 0.314 e. The molecule has 2 amide bonds. The lowest BCUT2D eigenvalue weighted by Crippen LogP contribution is -2.48. The smallest absolute Gasteiger partial charge is 0.314 e. The molecule has 28 heavy (non-hydrogen) atoms. The highest BCUT2D eigenvalue weighted by Gasteiger charge is 2.32. The normalized spacial score (nSPS) is 20.8. The maximum atomic E-state index is 12.2. The molecule has 3 N–H and O–H groups in total. The van der Waals surface area contributed by atoms with E-state index in [2.05, 4.69) is 20.5 Å². The van der Waals surface area contributed by atoms with Crippen molar-refractivity contribution in [1.29, 1.82) is 0 Å². The lowest BCUT2D eigenvalue weighted by molar-refractivity contribution is -0.0138. The largest absolute Gasteiger partial charge is 0.444 e. The van der Waals surface area contributed by atoms with Crippen molar-refractivity contribution in [3.8, 4) is 0 Å². The minimum absolute atomic E-state index is 0.0820. The molecule has 8 nitrogen and oxygen atoms in total. The number of aliphatic hydroxyl groups excluding tert-OH is 1. The van der Waals surface area contributed by atoms with Crippen molar-refractivity contribution in [3.05, 3.63) is 17.3 Å². The number of piperidine rings is 1. The number of ether oxygens (including phenoxy) is 1. The van der Waals surface area contributed by atoms with E-state index in [1.54, 1.807) is 0 Å². The van der Waals surface area contributed by atoms with E-state index in [9.17, 15) is 9.90 Å². The van der Waals surface area contributed by atoms with Crippen LogP contribution >= 0.6 is 0 Å². The van der Waals surface area contributed by atoms with Crippen molar-refractivity contribution in [2.75, 3.05) is 46.0 Å². The first kappa shape index (κ1) is 21.1. The predicted molar refractivity (Wildman–Crippen MR) is 105 cm³/mol. The van der Waals surface area contributed by atoms with Crippen LogP contribution in [0.2, 0.25) is 0 Å². The number of nitrogens with zero attached hydrogens (tertiary/aromatic N) is 2. The minimum Gasteiger partial charge on any atom is -0.444 e. The average Bonchev–Trinajstić information content (AvgIpc) is 3.03. The third-order valence-electron chi connectivity index (χ3n) is 6.20. The van der Waals surface area contributed by atoms with Crippen LogP contribution in [0.5, 0.6) is 0 Å². The van der Waals surface area contributed by atoms with Gasteiger partial charge in [0.1, 0.15) is 5.76 Å². The van der Waals surface area contributed by atoms with Crippen LogP contribution in [0.4, 0.5) is 4.79 Å². The molecule has 0 aliphatic carbocycles. The first-order valence-corrected chi connectivity index (χ1v) is 10.4. The molecular weight excluding hydrogens is 360 g/mol. The number of likely N-dealkylation sites (tertiary alicyclic amines) is 1. The van der Waals surface area contributed by atoms with Gasteiger partial charge in [-0.3, -0.25) is 4.90 Å². The van der Waals surface area contributed by atoms with Gasteiger partial charge in [-0.1, -0.05) is 0 Å². The lowest BCUT2D eigenvalue weighted by atomic mass is 9.81. The molecule has 2 aliphatic rings. The first-order valence-electron chi connectivity index (χ1n) is 10.4. The van der Waals surface area contributed by atoms with E-state index in [0.29, 0.717) is 32.2 Å². The van der Waals surface area contributed by atoms with E-state index in [1.165, 1.54) is 0 Å². The van der Waals surface area contributed by atoms with Gasteiger partial charge < -0.3 is 24.9 Å². The number of urea groups is 1. The Morgan fingerprint density at radius 1 is 1.25 bits per heavy atom. The SMILES string of the molecule is Cc1nc(CN2CCC(CNC(=O)NCC3(CO)CCOCC3)CC2)oc1C. The van der Waals surface area contributed by atoms with Crippen LogP contribution in [0, 0.1) is 25.2 Å². The van der Waals surface area contributed by atoms with Crippen LogP contribution in [0.1, 0.15) is 43.0 Å². The van der Waals surface area contributed by atoms with Gasteiger partial charge >= 0.3 is 6.03 Å². The monoisotopic (exact) mass is 394 g/mol. The zero-order valence-corrected chi connectivity index (χ0v) is 17.1. The molecular formula is C20H34N4O4. The number of aryl methyl sites for hydroxylation is 2. The highest BCUT2D eigenvalue weighted by Crippen LogP contribution is 2.29. The van der Waals surface area contributed by atoms with Gasteiger partial charge in [0.15, 0.2) is 0 Å². The van der Waals surface area contributed by atoms with E-state index in [-0.39, 0.29) is 18.1 Å². The predicted octanol–water partition coefficient (Wildman–Crippen LogP) is 1.59. The molecule has 0 bridgehead atoms. The number of aliphatic hydroxyl groups is 1. The van der Waals surface area contributed by atoms with Crippen LogP contribution in [-0.4, -0.2) is 67.0 Å². The summed E-state index contributed by atoms with van der Waals surface area (Å²) in [6.45, 7) is 9.20. The maximum absolute atomic E-state index is 12.2. The minimum atomic E-state index is -0.239. The van der Waals surface area contributed by atoms with Crippen molar-refractivity contribution in [1.82, 2.24) is 20.5 Å². The van der Waals surface area contributed by atoms with E-state index in [1.807, 2.05) is 13.8 Å². The molecule has 3 heterocycles. The fraction of sp³-hybridized carbons (Fsp3) is 0.800. The van der Waals surface area contributed by atoms with Crippen molar-refractivity contribution in [2.24, 2.45) is 11.3 Å². The third kappa shape index (κ3) is 5.68. The number of hydrogen-bond acceptors (Lipinski definition) is 6. The number of oxazole rings is 1. The number of rotatable bonds is 7. The second-order valence-corrected chi connectivity index (χ2v) is 8.30. The molecule has 2 aliphatic heterocycles. The van der Waals surface area contributed by atoms with Gasteiger partial charge in [-0.15, -0.1) is 0 Å². The number of nitrogens with one attached hydrogen (secondary N) is 2. The molecule has 158 valence electrons. The third-order valence-corrected chi connectivity index (χ3v) is 6.20. The number of carbonyl (C=O) groups excluding carboxylic acids is 1. The van der Waals surface area contributed by atoms with E-state index in [4.69, 9.17) is 9.15 Å². The van der Waals surface area contributed by atoms with Gasteiger partial charge in [-0.2, -0.15) is 0 Å². The Morgan fingerprint density at radius 2 is 1.96 bits per heavy atom. The Hall–Kier alpha value is -1.64. The summed E-state index contributed by atoms with van der Waals surface area (Å²) in [5.74, 6) is 2.17. The molecule has 2 saturated heterocycles. The number of aromatic nitrogens is 1. The molecule has 0 spiro atoms. The highest BCUT2D eigenvalue weighted by atomic mass is 16.5. The molecule has 8 heteroatoms. The van der Waals surface area contributed by atoms with E-state index >= 15 is 0 Å². The van der Waals surface area contributed by atoms with Crippen LogP contribution in [0.15, 0.2) is 4.42 Å². The topological polar surface area (TPSA) is 99.9 Å². The van der Waals surface area contributed by atoms with Gasteiger partial charge in [0.05, 0.1) is 18.8 Å². The zero-order chi connectivity index (χ0) is 20.0. The summed E-state index contributed by atoms with van der Waals surface area (Å²) in [7, 11) is 0. The van der Waals surface area contributed by atoms with E-state index in [0.717, 1.165) is 62.7 Å². The molecule has 0 aromatic carbocycles. The Morgan fingerprint density at radius 3 is 2.57 bits per heavy atom. The van der Waals surface area contributed by atoms with Crippen molar-refractivity contribution >= 4 is 6.03 Å². The lowest BCUT2D eigenvalue weighted by Gasteiger charge is -2.35. The molecule has 0 atom stereocenters. The van der Waals surface area contributed by atoms with Gasteiger partial charge in [-0.05, 0) is 58.5 Å². The molecule has 0 saturated carbocycles. The summed E-state index contributed by atoms with van der Waals surface area (Å²) in [6.07, 6.45) is 3.67. The average molecular weight is 395 g/mol. The molecule has 2 fully saturated rings. The van der Waals surface area contributed by atoms with Crippen molar-refractivity contribution in [2.45, 2.75) is 46.1 Å². The van der Waals surface area contributed by atoms with Crippen LogP contribution in [0.25, 0.3) is 0 Å². The summed E-state index contributed by atoms with van der Waals surface area (Å²) in [5.41, 5.74) is 0.723. The first-order chi connectivity index (χ1) is 13.5. The number of carbonyl (C=O) groups is 1. The number of amides is 2. The van der Waals surface area contributed by atoms with Gasteiger partial charge in [0, 0.05) is 31.7 Å². The summed E-state index contributed by atoms with van der Waals surface area (Å²) < 4.78 is 11.0. The molecule has 3 rings (SSSR count). The summed E-state index contributed by atoms with van der Waals surface area (Å²) in [6, 6.07) is -0.146. The Bertz CT molecular complexity index is 615. The molecule has 1 aromatic heterocycles. The zero-order valence-electron chi connectivity index (χ0n) is 17.1. The second-order valence-electron chi connectivity index (χ2n) is 8.30.